The van der Waals surface area contributed by atoms with Crippen LogP contribution in [-0.2, 0) is 9.53 Å². The van der Waals surface area contributed by atoms with E-state index < -0.39 is 0 Å². The Morgan fingerprint density at radius 1 is 1.12 bits per heavy atom. The lowest BCUT2D eigenvalue weighted by atomic mass is 9.93. The van der Waals surface area contributed by atoms with Crippen LogP contribution >= 0.6 is 0 Å². The molecule has 0 amide bonds. The molecule has 3 aliphatic rings. The number of rotatable bonds is 7. The zero-order valence-corrected chi connectivity index (χ0v) is 16.0. The van der Waals surface area contributed by atoms with E-state index >= 15 is 0 Å². The number of methoxy groups -OCH3 is 1. The molecule has 1 heterocycles. The number of hydrogen-bond donors (Lipinski definition) is 0. The minimum absolute atomic E-state index is 0.0656. The summed E-state index contributed by atoms with van der Waals surface area (Å²) < 4.78 is 4.81. The first kappa shape index (κ1) is 19.0. The van der Waals surface area contributed by atoms with Crippen LogP contribution in [0.2, 0.25) is 0 Å². The molecule has 0 saturated carbocycles. The average Bonchev–Trinajstić information content (AvgIpc) is 2.71. The van der Waals surface area contributed by atoms with Crippen molar-refractivity contribution < 1.29 is 9.53 Å². The van der Waals surface area contributed by atoms with E-state index in [0.29, 0.717) is 12.3 Å². The van der Waals surface area contributed by atoms with Gasteiger partial charge in [0.1, 0.15) is 0 Å². The van der Waals surface area contributed by atoms with Crippen LogP contribution in [-0.4, -0.2) is 49.1 Å². The van der Waals surface area contributed by atoms with Crippen LogP contribution in [0.25, 0.3) is 0 Å². The Hall–Kier alpha value is -1.81. The van der Waals surface area contributed by atoms with E-state index in [0.717, 1.165) is 64.7 Å². The van der Waals surface area contributed by atoms with Crippen LogP contribution in [0.4, 0.5) is 0 Å². The second-order valence-corrected chi connectivity index (χ2v) is 7.47. The SMILES string of the molecule is COC(=O)CC1CCN(CCN(C2=CC=CCC2)C2=CC=CCC2)CC1. The van der Waals surface area contributed by atoms with Gasteiger partial charge in [0.25, 0.3) is 0 Å². The topological polar surface area (TPSA) is 32.8 Å². The molecule has 26 heavy (non-hydrogen) atoms. The highest BCUT2D eigenvalue weighted by atomic mass is 16.5. The van der Waals surface area contributed by atoms with Crippen LogP contribution in [0.15, 0.2) is 47.9 Å². The highest BCUT2D eigenvalue weighted by molar-refractivity contribution is 5.69. The van der Waals surface area contributed by atoms with Gasteiger partial charge in [-0.15, -0.1) is 0 Å². The summed E-state index contributed by atoms with van der Waals surface area (Å²) in [6.45, 7) is 4.33. The zero-order valence-electron chi connectivity index (χ0n) is 16.0. The van der Waals surface area contributed by atoms with Gasteiger partial charge in [-0.05, 0) is 69.7 Å². The molecule has 0 bridgehead atoms. The normalized spacial score (nSPS) is 21.3. The minimum atomic E-state index is -0.0656. The predicted octanol–water partition coefficient (Wildman–Crippen LogP) is 4.03. The first-order valence-electron chi connectivity index (χ1n) is 10.0. The van der Waals surface area contributed by atoms with E-state index in [9.17, 15) is 4.79 Å². The summed E-state index contributed by atoms with van der Waals surface area (Å²) in [5.41, 5.74) is 2.91. The van der Waals surface area contributed by atoms with Gasteiger partial charge in [0.15, 0.2) is 0 Å². The molecule has 0 aromatic rings. The van der Waals surface area contributed by atoms with Crippen molar-refractivity contribution in [3.8, 4) is 0 Å². The van der Waals surface area contributed by atoms with E-state index in [1.807, 2.05) is 0 Å². The maximum Gasteiger partial charge on any atom is 0.305 e. The number of esters is 1. The van der Waals surface area contributed by atoms with Gasteiger partial charge >= 0.3 is 5.97 Å². The van der Waals surface area contributed by atoms with Crippen LogP contribution < -0.4 is 0 Å². The maximum atomic E-state index is 11.5. The van der Waals surface area contributed by atoms with Crippen molar-refractivity contribution >= 4 is 5.97 Å². The molecule has 3 rings (SSSR count). The molecule has 0 aromatic heterocycles. The van der Waals surface area contributed by atoms with Crippen molar-refractivity contribution in [3.63, 3.8) is 0 Å². The highest BCUT2D eigenvalue weighted by Gasteiger charge is 2.23. The molecular weight excluding hydrogens is 324 g/mol. The lowest BCUT2D eigenvalue weighted by molar-refractivity contribution is -0.142. The van der Waals surface area contributed by atoms with Gasteiger partial charge in [-0.3, -0.25) is 4.79 Å². The lowest BCUT2D eigenvalue weighted by Gasteiger charge is -2.36. The van der Waals surface area contributed by atoms with Gasteiger partial charge in [-0.2, -0.15) is 0 Å². The standard InChI is InChI=1S/C22H32N2O2/c1-26-22(25)18-19-12-14-23(15-13-19)16-17-24(20-8-4-2-5-9-20)21-10-6-3-7-11-21/h2-4,6,8,10,19H,5,7,9,11-18H2,1H3. The summed E-state index contributed by atoms with van der Waals surface area (Å²) in [4.78, 5) is 16.6. The third-order valence-corrected chi connectivity index (χ3v) is 5.71. The van der Waals surface area contributed by atoms with Gasteiger partial charge in [0.05, 0.1) is 7.11 Å². The van der Waals surface area contributed by atoms with Crippen molar-refractivity contribution in [2.45, 2.75) is 44.9 Å². The van der Waals surface area contributed by atoms with Crippen molar-refractivity contribution in [2.24, 2.45) is 5.92 Å². The average molecular weight is 357 g/mol. The van der Waals surface area contributed by atoms with Gasteiger partial charge in [-0.1, -0.05) is 24.3 Å². The Labute approximate surface area is 157 Å². The van der Waals surface area contributed by atoms with Crippen LogP contribution in [0.1, 0.15) is 44.9 Å². The number of likely N-dealkylation sites (tertiary alicyclic amines) is 1. The Balaban J connectivity index is 1.53. The fraction of sp³-hybridized carbons (Fsp3) is 0.591. The molecule has 0 spiro atoms. The third kappa shape index (κ3) is 5.34. The van der Waals surface area contributed by atoms with Crippen LogP contribution in [0.5, 0.6) is 0 Å². The van der Waals surface area contributed by atoms with Gasteiger partial charge in [0, 0.05) is 30.9 Å². The molecule has 0 atom stereocenters. The molecule has 142 valence electrons. The molecule has 0 radical (unpaired) electrons. The molecule has 2 aliphatic carbocycles. The number of hydrogen-bond acceptors (Lipinski definition) is 4. The molecule has 1 saturated heterocycles. The maximum absolute atomic E-state index is 11.5. The summed E-state index contributed by atoms with van der Waals surface area (Å²) >= 11 is 0. The number of ether oxygens (including phenoxy) is 1. The van der Waals surface area contributed by atoms with Crippen molar-refractivity contribution in [2.75, 3.05) is 33.3 Å². The predicted molar refractivity (Wildman–Crippen MR) is 105 cm³/mol. The number of nitrogens with zero attached hydrogens (tertiary/aromatic N) is 2. The minimum Gasteiger partial charge on any atom is -0.469 e. The van der Waals surface area contributed by atoms with E-state index in [4.69, 9.17) is 4.74 Å². The summed E-state index contributed by atoms with van der Waals surface area (Å²) in [6.07, 6.45) is 20.8. The molecule has 1 fully saturated rings. The van der Waals surface area contributed by atoms with E-state index in [1.54, 1.807) is 0 Å². The second kappa shape index (κ2) is 9.77. The van der Waals surface area contributed by atoms with Crippen molar-refractivity contribution in [3.05, 3.63) is 47.9 Å². The highest BCUT2D eigenvalue weighted by Crippen LogP contribution is 2.26. The Bertz CT molecular complexity index is 563. The first-order valence-corrected chi connectivity index (χ1v) is 10.0. The fourth-order valence-corrected chi connectivity index (χ4v) is 4.08. The quantitative estimate of drug-likeness (QED) is 0.645. The lowest BCUT2D eigenvalue weighted by Crippen LogP contribution is -2.39. The molecule has 0 N–H and O–H groups in total. The smallest absolute Gasteiger partial charge is 0.305 e. The molecule has 0 aromatic carbocycles. The number of allylic oxidation sites excluding steroid dienone is 8. The molecule has 4 heteroatoms. The number of piperidine rings is 1. The summed E-state index contributed by atoms with van der Waals surface area (Å²) in [6, 6.07) is 0. The molecular formula is C22H32N2O2. The summed E-state index contributed by atoms with van der Waals surface area (Å²) in [7, 11) is 1.48. The number of carbonyl (C=O) groups is 1. The van der Waals surface area contributed by atoms with Gasteiger partial charge in [0.2, 0.25) is 0 Å². The Morgan fingerprint density at radius 3 is 2.23 bits per heavy atom. The first-order chi connectivity index (χ1) is 12.8. The Kier molecular flexibility index (Phi) is 7.13. The molecule has 4 nitrogen and oxygen atoms in total. The summed E-state index contributed by atoms with van der Waals surface area (Å²) in [5, 5.41) is 0. The van der Waals surface area contributed by atoms with E-state index in [1.165, 1.54) is 18.5 Å². The van der Waals surface area contributed by atoms with Crippen LogP contribution in [0.3, 0.4) is 0 Å². The fourth-order valence-electron chi connectivity index (χ4n) is 4.08. The molecule has 1 aliphatic heterocycles. The van der Waals surface area contributed by atoms with E-state index in [2.05, 4.69) is 46.3 Å². The van der Waals surface area contributed by atoms with E-state index in [-0.39, 0.29) is 5.97 Å². The third-order valence-electron chi connectivity index (χ3n) is 5.71. The van der Waals surface area contributed by atoms with Crippen molar-refractivity contribution in [1.29, 1.82) is 0 Å². The largest absolute Gasteiger partial charge is 0.469 e. The van der Waals surface area contributed by atoms with Crippen molar-refractivity contribution in [1.82, 2.24) is 9.80 Å². The second-order valence-electron chi connectivity index (χ2n) is 7.47. The summed E-state index contributed by atoms with van der Waals surface area (Å²) in [5.74, 6) is 0.427. The number of carbonyl (C=O) groups excluding carboxylic acids is 1. The van der Waals surface area contributed by atoms with Gasteiger partial charge in [-0.25, -0.2) is 0 Å². The van der Waals surface area contributed by atoms with Gasteiger partial charge < -0.3 is 14.5 Å². The monoisotopic (exact) mass is 356 g/mol. The van der Waals surface area contributed by atoms with Crippen LogP contribution in [0, 0.1) is 5.92 Å². The zero-order chi connectivity index (χ0) is 18.2. The Morgan fingerprint density at radius 2 is 1.73 bits per heavy atom. The molecule has 0 unspecified atom stereocenters.